The minimum Gasteiger partial charge on any atom is -0.487 e. The lowest BCUT2D eigenvalue weighted by atomic mass is 9.98. The van der Waals surface area contributed by atoms with Crippen molar-refractivity contribution in [2.24, 2.45) is 11.8 Å². The number of Topliss-reactive ketones (excluding diaryl/α,β-unsaturated/α-hetero) is 1. The highest BCUT2D eigenvalue weighted by atomic mass is 16.6. The van der Waals surface area contributed by atoms with Crippen LogP contribution in [0.3, 0.4) is 0 Å². The highest BCUT2D eigenvalue weighted by Crippen LogP contribution is 2.34. The number of amides is 3. The first-order valence-electron chi connectivity index (χ1n) is 15.8. The predicted octanol–water partition coefficient (Wildman–Crippen LogP) is 6.60. The van der Waals surface area contributed by atoms with Crippen molar-refractivity contribution in [1.29, 1.82) is 0 Å². The van der Waals surface area contributed by atoms with Gasteiger partial charge in [0.1, 0.15) is 5.82 Å². The molecule has 5 rings (SSSR count). The maximum atomic E-state index is 13.6. The molecule has 2 aromatic heterocycles. The molecule has 0 radical (unpaired) electrons. The van der Waals surface area contributed by atoms with Crippen LogP contribution in [-0.2, 0) is 11.3 Å². The molecular weight excluding hydrogens is 628 g/mol. The van der Waals surface area contributed by atoms with Crippen LogP contribution >= 0.6 is 0 Å². The third-order valence-electron chi connectivity index (χ3n) is 7.93. The van der Waals surface area contributed by atoms with E-state index in [1.807, 2.05) is 39.8 Å². The van der Waals surface area contributed by atoms with Crippen molar-refractivity contribution >= 4 is 52.2 Å². The van der Waals surface area contributed by atoms with Gasteiger partial charge < -0.3 is 15.4 Å². The van der Waals surface area contributed by atoms with Gasteiger partial charge in [-0.2, -0.15) is 4.98 Å². The summed E-state index contributed by atoms with van der Waals surface area (Å²) in [5, 5.41) is 17.4. The van der Waals surface area contributed by atoms with Crippen molar-refractivity contribution in [3.63, 3.8) is 0 Å². The number of urea groups is 1. The summed E-state index contributed by atoms with van der Waals surface area (Å²) in [6.07, 6.45) is 3.22. The molecule has 0 unspecified atom stereocenters. The van der Waals surface area contributed by atoms with E-state index in [1.165, 1.54) is 23.1 Å². The van der Waals surface area contributed by atoms with Crippen LogP contribution in [-0.4, -0.2) is 51.3 Å². The monoisotopic (exact) mass is 666 g/mol. The first-order chi connectivity index (χ1) is 23.3. The minimum absolute atomic E-state index is 0.0119. The number of benzene rings is 2. The molecule has 0 fully saturated rings. The smallest absolute Gasteiger partial charge is 0.330 e. The van der Waals surface area contributed by atoms with Crippen molar-refractivity contribution < 1.29 is 24.0 Å². The van der Waals surface area contributed by atoms with Gasteiger partial charge in [0.2, 0.25) is 11.9 Å². The van der Waals surface area contributed by atoms with E-state index in [2.05, 4.69) is 25.6 Å². The molecule has 2 aromatic carbocycles. The second kappa shape index (κ2) is 14.5. The number of anilines is 5. The fourth-order valence-corrected chi connectivity index (χ4v) is 5.17. The summed E-state index contributed by atoms with van der Waals surface area (Å²) in [6.45, 7) is 9.68. The number of aromatic nitrogens is 3. The van der Waals surface area contributed by atoms with Crippen LogP contribution in [0.1, 0.15) is 54.4 Å². The standard InChI is InChI=1S/C35H38N8O6/c1-20(2)19-49-31-14-24(9-12-28(31)43(47)48)30(44)13-22(4)33(45)38-26-10-7-21(3)29(15-26)42-18-25-16-37-34(40-32(25)41(6)35(42)46)39-27-11-8-23(5)36-17-27/h7-12,14-17,20,22H,13,18-19H2,1-6H3,(H,38,45)(H,37,39,40)/t22-/m1/s1. The number of nitro benzene ring substituents is 1. The van der Waals surface area contributed by atoms with Crippen molar-refractivity contribution in [3.8, 4) is 5.75 Å². The summed E-state index contributed by atoms with van der Waals surface area (Å²) in [5.41, 5.74) is 4.18. The van der Waals surface area contributed by atoms with Crippen molar-refractivity contribution in [1.82, 2.24) is 15.0 Å². The number of nitrogens with one attached hydrogen (secondary N) is 2. The molecule has 0 bridgehead atoms. The average Bonchev–Trinajstić information content (AvgIpc) is 3.07. The molecule has 0 spiro atoms. The van der Waals surface area contributed by atoms with Gasteiger partial charge in [0.25, 0.3) is 0 Å². The molecule has 0 saturated heterocycles. The van der Waals surface area contributed by atoms with E-state index in [4.69, 9.17) is 4.74 Å². The van der Waals surface area contributed by atoms with Crippen molar-refractivity contribution in [2.45, 2.75) is 47.6 Å². The van der Waals surface area contributed by atoms with Crippen LogP contribution in [0.15, 0.2) is 60.9 Å². The number of ketones is 1. The van der Waals surface area contributed by atoms with Gasteiger partial charge in [0.05, 0.1) is 35.6 Å². The number of fused-ring (bicyclic) bond motifs is 1. The molecule has 3 amide bonds. The van der Waals surface area contributed by atoms with Crippen LogP contribution in [0.5, 0.6) is 5.75 Å². The third-order valence-corrected chi connectivity index (χ3v) is 7.93. The molecule has 4 aromatic rings. The Balaban J connectivity index is 1.27. The van der Waals surface area contributed by atoms with Gasteiger partial charge in [0.15, 0.2) is 11.5 Å². The van der Waals surface area contributed by atoms with Crippen LogP contribution in [0.2, 0.25) is 0 Å². The SMILES string of the molecule is Cc1ccc(Nc2ncc3c(n2)N(C)C(=O)N(c2cc(NC(=O)[C@H](C)CC(=O)c4ccc([N+](=O)[O-])c(OCC(C)C)c4)ccc2C)C3)cn1. The van der Waals surface area contributed by atoms with Crippen LogP contribution in [0.4, 0.5) is 39.3 Å². The molecule has 49 heavy (non-hydrogen) atoms. The molecule has 1 aliphatic rings. The normalized spacial score (nSPS) is 13.2. The van der Waals surface area contributed by atoms with Crippen LogP contribution < -0.4 is 25.2 Å². The highest BCUT2D eigenvalue weighted by Gasteiger charge is 2.32. The minimum atomic E-state index is -0.724. The van der Waals surface area contributed by atoms with E-state index in [9.17, 15) is 24.5 Å². The zero-order valence-corrected chi connectivity index (χ0v) is 28.2. The molecule has 0 aliphatic carbocycles. The second-order valence-electron chi connectivity index (χ2n) is 12.4. The molecule has 14 heteroatoms. The summed E-state index contributed by atoms with van der Waals surface area (Å²) in [4.78, 5) is 67.1. The van der Waals surface area contributed by atoms with Crippen LogP contribution in [0, 0.1) is 35.8 Å². The molecule has 0 saturated carbocycles. The van der Waals surface area contributed by atoms with Gasteiger partial charge in [-0.3, -0.25) is 34.5 Å². The highest BCUT2D eigenvalue weighted by molar-refractivity contribution is 6.06. The third kappa shape index (κ3) is 7.97. The Kier molecular flexibility index (Phi) is 10.2. The van der Waals surface area contributed by atoms with E-state index in [1.54, 1.807) is 49.5 Å². The van der Waals surface area contributed by atoms with Gasteiger partial charge >= 0.3 is 11.7 Å². The van der Waals surface area contributed by atoms with E-state index >= 15 is 0 Å². The van der Waals surface area contributed by atoms with E-state index < -0.39 is 16.7 Å². The number of hydrogen-bond donors (Lipinski definition) is 2. The van der Waals surface area contributed by atoms with Gasteiger partial charge in [0, 0.05) is 54.2 Å². The second-order valence-corrected chi connectivity index (χ2v) is 12.4. The lowest BCUT2D eigenvalue weighted by molar-refractivity contribution is -0.385. The largest absolute Gasteiger partial charge is 0.487 e. The number of pyridine rings is 1. The summed E-state index contributed by atoms with van der Waals surface area (Å²) < 4.78 is 5.60. The van der Waals surface area contributed by atoms with Crippen molar-refractivity contribution in [3.05, 3.63) is 93.4 Å². The van der Waals surface area contributed by atoms with Gasteiger partial charge in [-0.25, -0.2) is 9.78 Å². The number of hydrogen-bond acceptors (Lipinski definition) is 10. The predicted molar refractivity (Wildman–Crippen MR) is 186 cm³/mol. The summed E-state index contributed by atoms with van der Waals surface area (Å²) in [5.74, 6) is -0.525. The molecule has 2 N–H and O–H groups in total. The van der Waals surface area contributed by atoms with Crippen LogP contribution in [0.25, 0.3) is 0 Å². The molecule has 14 nitrogen and oxygen atoms in total. The van der Waals surface area contributed by atoms with Gasteiger partial charge in [-0.15, -0.1) is 0 Å². The number of rotatable bonds is 12. The fourth-order valence-electron chi connectivity index (χ4n) is 5.17. The maximum absolute atomic E-state index is 13.6. The Morgan fingerprint density at radius 2 is 1.78 bits per heavy atom. The number of nitro groups is 1. The average molecular weight is 667 g/mol. The van der Waals surface area contributed by atoms with E-state index in [0.29, 0.717) is 23.1 Å². The number of nitrogens with zero attached hydrogens (tertiary/aromatic N) is 6. The molecule has 254 valence electrons. The Bertz CT molecular complexity index is 1910. The lowest BCUT2D eigenvalue weighted by Gasteiger charge is -2.35. The fraction of sp³-hybridized carbons (Fsp3) is 0.314. The first kappa shape index (κ1) is 34.4. The molecule has 1 aliphatic heterocycles. The summed E-state index contributed by atoms with van der Waals surface area (Å²) in [6, 6.07) is 12.6. The number of carbonyl (C=O) groups excluding carboxylic acids is 3. The van der Waals surface area contributed by atoms with Gasteiger partial charge in [-0.1, -0.05) is 26.8 Å². The number of ether oxygens (including phenoxy) is 1. The zero-order chi connectivity index (χ0) is 35.4. The Morgan fingerprint density at radius 1 is 1.02 bits per heavy atom. The summed E-state index contributed by atoms with van der Waals surface area (Å²) in [7, 11) is 1.64. The topological polar surface area (TPSA) is 173 Å². The Labute approximate surface area is 283 Å². The Hall–Kier alpha value is -5.92. The quantitative estimate of drug-likeness (QED) is 0.0953. The van der Waals surface area contributed by atoms with E-state index in [0.717, 1.165) is 22.5 Å². The van der Waals surface area contributed by atoms with Gasteiger partial charge in [-0.05, 0) is 61.7 Å². The van der Waals surface area contributed by atoms with Crippen molar-refractivity contribution in [2.75, 3.05) is 34.1 Å². The molecular formula is C35H38N8O6. The molecule has 1 atom stereocenters. The number of carbonyl (C=O) groups is 3. The summed E-state index contributed by atoms with van der Waals surface area (Å²) >= 11 is 0. The van der Waals surface area contributed by atoms with E-state index in [-0.39, 0.29) is 54.3 Å². The Morgan fingerprint density at radius 3 is 2.47 bits per heavy atom. The lowest BCUT2D eigenvalue weighted by Crippen LogP contribution is -2.46. The first-order valence-corrected chi connectivity index (χ1v) is 15.8. The zero-order valence-electron chi connectivity index (χ0n) is 28.2. The maximum Gasteiger partial charge on any atom is 0.330 e. The molecule has 3 heterocycles. The number of aryl methyl sites for hydroxylation is 2.